The molecule has 2 amide bonds. The Morgan fingerprint density at radius 1 is 0.768 bits per heavy atom. The summed E-state index contributed by atoms with van der Waals surface area (Å²) in [7, 11) is -1.20. The average Bonchev–Trinajstić information content (AvgIpc) is 4.01. The first-order chi connectivity index (χ1) is 27.0. The monoisotopic (exact) mass is 800 g/mol. The molecule has 6 aromatic rings. The molecule has 0 atom stereocenters. The molecule has 0 aliphatic carbocycles. The van der Waals surface area contributed by atoms with E-state index in [0.717, 1.165) is 28.3 Å². The molecule has 6 heterocycles. The zero-order valence-electron chi connectivity index (χ0n) is 31.8. The summed E-state index contributed by atoms with van der Waals surface area (Å²) in [4.78, 5) is 51.0. The SMILES string of the molecule is CSc1nc(C(=O)N2Cc3ccccc3C2)c2c(C#N)c[nH]c2n1.CSc1nc(C(=O)N2Cc3ccccc3C2)c2c(C#N)cn(COCC[Si](C)(C)C)c2n1. The van der Waals surface area contributed by atoms with Crippen molar-refractivity contribution in [2.45, 2.75) is 68.9 Å². The van der Waals surface area contributed by atoms with Gasteiger partial charge in [0.1, 0.15) is 41.6 Å². The van der Waals surface area contributed by atoms with Crippen molar-refractivity contribution in [3.05, 3.63) is 106 Å². The molecule has 2 aliphatic heterocycles. The smallest absolute Gasteiger partial charge is 0.273 e. The number of nitrogens with zero attached hydrogens (tertiary/aromatic N) is 9. The first-order valence-electron chi connectivity index (χ1n) is 18.0. The first kappa shape index (κ1) is 38.7. The van der Waals surface area contributed by atoms with E-state index in [9.17, 15) is 20.1 Å². The molecule has 0 radical (unpaired) electrons. The molecule has 0 saturated heterocycles. The first-order valence-corrected chi connectivity index (χ1v) is 24.2. The molecular formula is C40H40N10O3S2Si. The Hall–Kier alpha value is -5.52. The van der Waals surface area contributed by atoms with Crippen LogP contribution < -0.4 is 0 Å². The van der Waals surface area contributed by atoms with E-state index in [1.807, 2.05) is 65.6 Å². The van der Waals surface area contributed by atoms with Crippen LogP contribution in [0.4, 0.5) is 0 Å². The zero-order chi connectivity index (χ0) is 39.6. The van der Waals surface area contributed by atoms with E-state index in [-0.39, 0.29) is 29.9 Å². The van der Waals surface area contributed by atoms with Gasteiger partial charge in [-0.25, -0.2) is 19.9 Å². The largest absolute Gasteiger partial charge is 0.361 e. The fourth-order valence-corrected chi connectivity index (χ4v) is 8.22. The number of hydrogen-bond acceptors (Lipinski definition) is 11. The van der Waals surface area contributed by atoms with Crippen LogP contribution >= 0.6 is 23.5 Å². The Bertz CT molecular complexity index is 2520. The van der Waals surface area contributed by atoms with Gasteiger partial charge in [-0.05, 0) is 40.8 Å². The number of nitriles is 2. The number of aromatic amines is 1. The molecule has 8 rings (SSSR count). The molecule has 16 heteroatoms. The third-order valence-electron chi connectivity index (χ3n) is 9.70. The van der Waals surface area contributed by atoms with Crippen molar-refractivity contribution in [3.63, 3.8) is 0 Å². The number of carbonyl (C=O) groups excluding carboxylic acids is 2. The van der Waals surface area contributed by atoms with Gasteiger partial charge in [0.2, 0.25) is 0 Å². The van der Waals surface area contributed by atoms with Crippen LogP contribution in [0.25, 0.3) is 22.1 Å². The highest BCUT2D eigenvalue weighted by Crippen LogP contribution is 2.31. The number of aromatic nitrogens is 6. The summed E-state index contributed by atoms with van der Waals surface area (Å²) < 4.78 is 7.72. The molecule has 0 bridgehead atoms. The molecule has 13 nitrogen and oxygen atoms in total. The van der Waals surface area contributed by atoms with Gasteiger partial charge < -0.3 is 24.1 Å². The van der Waals surface area contributed by atoms with Crippen molar-refractivity contribution in [3.8, 4) is 12.1 Å². The molecule has 284 valence electrons. The van der Waals surface area contributed by atoms with E-state index in [0.29, 0.717) is 76.3 Å². The maximum atomic E-state index is 13.5. The Morgan fingerprint density at radius 3 is 1.75 bits per heavy atom. The number of H-pyrrole nitrogens is 1. The summed E-state index contributed by atoms with van der Waals surface area (Å²) in [5.74, 6) is -0.359. The molecule has 1 N–H and O–H groups in total. The summed E-state index contributed by atoms with van der Waals surface area (Å²) in [6.07, 6.45) is 7.02. The van der Waals surface area contributed by atoms with Crippen molar-refractivity contribution in [1.29, 1.82) is 10.5 Å². The molecule has 4 aromatic heterocycles. The highest BCUT2D eigenvalue weighted by atomic mass is 32.2. The third kappa shape index (κ3) is 7.92. The fourth-order valence-electron chi connectivity index (χ4n) is 6.74. The standard InChI is InChI=1S/C23H27N5O2SSi.C17H13N5OS/c1-31-23-25-20(22(29)27-12-16-7-5-6-8-17(16)13-27)19-18(11-24)14-28(21(19)26-23)15-30-9-10-32(2,3)4;1-24-17-20-14(13-12(6-18)7-19-15(13)21-17)16(23)22-8-10-4-2-3-5-11(10)9-22/h5-8,14H,9-10,12-13,15H2,1-4H3;2-5,7H,8-9H2,1H3,(H,19,20,21). The van der Waals surface area contributed by atoms with E-state index >= 15 is 0 Å². The van der Waals surface area contributed by atoms with Gasteiger partial charge in [0.15, 0.2) is 10.3 Å². The lowest BCUT2D eigenvalue weighted by Gasteiger charge is -2.17. The van der Waals surface area contributed by atoms with E-state index in [1.165, 1.54) is 23.5 Å². The number of rotatable bonds is 9. The second-order valence-electron chi connectivity index (χ2n) is 14.7. The average molecular weight is 801 g/mol. The van der Waals surface area contributed by atoms with Crippen LogP contribution in [0.5, 0.6) is 0 Å². The minimum atomic E-state index is -1.20. The second kappa shape index (κ2) is 16.3. The van der Waals surface area contributed by atoms with Gasteiger partial charge >= 0.3 is 0 Å². The Labute approximate surface area is 334 Å². The van der Waals surface area contributed by atoms with Crippen LogP contribution in [0.1, 0.15) is 54.4 Å². The number of amides is 2. The predicted molar refractivity (Wildman–Crippen MR) is 219 cm³/mol. The van der Waals surface area contributed by atoms with E-state index in [4.69, 9.17) is 4.74 Å². The van der Waals surface area contributed by atoms with Crippen LogP contribution in [0.3, 0.4) is 0 Å². The van der Waals surface area contributed by atoms with Gasteiger partial charge in [-0.1, -0.05) is 91.7 Å². The number of thioether (sulfide) groups is 2. The lowest BCUT2D eigenvalue weighted by molar-refractivity contribution is 0.0739. The Morgan fingerprint density at radius 2 is 1.27 bits per heavy atom. The van der Waals surface area contributed by atoms with E-state index in [1.54, 1.807) is 22.2 Å². The normalized spacial score (nSPS) is 13.3. The summed E-state index contributed by atoms with van der Waals surface area (Å²) >= 11 is 2.74. The van der Waals surface area contributed by atoms with Gasteiger partial charge in [-0.2, -0.15) is 10.5 Å². The van der Waals surface area contributed by atoms with Gasteiger partial charge in [0.25, 0.3) is 11.8 Å². The summed E-state index contributed by atoms with van der Waals surface area (Å²) in [6, 6.07) is 21.4. The summed E-state index contributed by atoms with van der Waals surface area (Å²) in [6.45, 7) is 10.1. The van der Waals surface area contributed by atoms with Gasteiger partial charge in [0.05, 0.1) is 21.9 Å². The lowest BCUT2D eigenvalue weighted by Crippen LogP contribution is -2.27. The van der Waals surface area contributed by atoms with Gasteiger partial charge in [-0.3, -0.25) is 9.59 Å². The van der Waals surface area contributed by atoms with Crippen molar-refractivity contribution in [1.82, 2.24) is 39.3 Å². The molecule has 0 spiro atoms. The van der Waals surface area contributed by atoms with Gasteiger partial charge in [0, 0.05) is 53.3 Å². The van der Waals surface area contributed by atoms with Crippen LogP contribution in [0, 0.1) is 22.7 Å². The number of ether oxygens (including phenoxy) is 1. The predicted octanol–water partition coefficient (Wildman–Crippen LogP) is 7.20. The van der Waals surface area contributed by atoms with Crippen LogP contribution in [-0.4, -0.2) is 78.3 Å². The third-order valence-corrected chi connectivity index (χ3v) is 12.5. The number of benzene rings is 2. The highest BCUT2D eigenvalue weighted by molar-refractivity contribution is 7.98. The molecule has 2 aliphatic rings. The summed E-state index contributed by atoms with van der Waals surface area (Å²) in [5.41, 5.74) is 7.01. The summed E-state index contributed by atoms with van der Waals surface area (Å²) in [5, 5.41) is 21.1. The molecule has 0 unspecified atom stereocenters. The highest BCUT2D eigenvalue weighted by Gasteiger charge is 2.30. The second-order valence-corrected chi connectivity index (χ2v) is 21.9. The maximum absolute atomic E-state index is 13.5. The number of hydrogen-bond donors (Lipinski definition) is 1. The fraction of sp³-hybridized carbons (Fsp3) is 0.300. The van der Waals surface area contributed by atoms with E-state index in [2.05, 4.69) is 56.7 Å². The van der Waals surface area contributed by atoms with Crippen LogP contribution in [-0.2, 0) is 37.6 Å². The maximum Gasteiger partial charge on any atom is 0.273 e. The van der Waals surface area contributed by atoms with Crippen LogP contribution in [0.2, 0.25) is 25.7 Å². The number of fused-ring (bicyclic) bond motifs is 4. The van der Waals surface area contributed by atoms with Crippen molar-refractivity contribution in [2.24, 2.45) is 0 Å². The Balaban J connectivity index is 0.000000178. The number of nitrogens with one attached hydrogen (secondary N) is 1. The molecular weight excluding hydrogens is 761 g/mol. The topological polar surface area (TPSA) is 170 Å². The number of carbonyl (C=O) groups is 2. The molecule has 0 saturated carbocycles. The lowest BCUT2D eigenvalue weighted by atomic mass is 10.1. The van der Waals surface area contributed by atoms with Crippen molar-refractivity contribution in [2.75, 3.05) is 19.1 Å². The van der Waals surface area contributed by atoms with Crippen molar-refractivity contribution < 1.29 is 14.3 Å². The minimum absolute atomic E-state index is 0.176. The molecule has 56 heavy (non-hydrogen) atoms. The van der Waals surface area contributed by atoms with Gasteiger partial charge in [-0.15, -0.1) is 0 Å². The quantitative estimate of drug-likeness (QED) is 0.0679. The van der Waals surface area contributed by atoms with E-state index < -0.39 is 8.07 Å². The van der Waals surface area contributed by atoms with Crippen molar-refractivity contribution >= 4 is 65.5 Å². The zero-order valence-corrected chi connectivity index (χ0v) is 34.4. The van der Waals surface area contributed by atoms with Crippen LogP contribution in [0.15, 0.2) is 71.2 Å². The minimum Gasteiger partial charge on any atom is -0.361 e. The Kier molecular flexibility index (Phi) is 11.3. The molecule has 2 aromatic carbocycles. The molecule has 0 fully saturated rings.